The summed E-state index contributed by atoms with van der Waals surface area (Å²) >= 11 is 0. The molecule has 0 bridgehead atoms. The molecule has 3 rings (SSSR count). The number of methoxy groups -OCH3 is 2. The molecule has 1 aliphatic heterocycles. The number of anilines is 1. The number of ether oxygens (including phenoxy) is 2. The number of piperidine rings is 1. The minimum absolute atomic E-state index is 0.106. The van der Waals surface area contributed by atoms with E-state index in [-0.39, 0.29) is 11.9 Å². The van der Waals surface area contributed by atoms with Crippen LogP contribution in [0.3, 0.4) is 0 Å². The quantitative estimate of drug-likeness (QED) is 0.779. The van der Waals surface area contributed by atoms with Gasteiger partial charge in [-0.25, -0.2) is 0 Å². The van der Waals surface area contributed by atoms with E-state index >= 15 is 0 Å². The molecule has 0 saturated carbocycles. The average Bonchev–Trinajstić information content (AvgIpc) is 2.70. The second-order valence-corrected chi connectivity index (χ2v) is 6.91. The summed E-state index contributed by atoms with van der Waals surface area (Å²) in [6, 6.07) is 16.1. The van der Waals surface area contributed by atoms with Crippen LogP contribution in [0.15, 0.2) is 48.5 Å². The van der Waals surface area contributed by atoms with E-state index in [9.17, 15) is 4.79 Å². The zero-order valence-electron chi connectivity index (χ0n) is 16.4. The van der Waals surface area contributed by atoms with Gasteiger partial charge in [0.25, 0.3) is 0 Å². The summed E-state index contributed by atoms with van der Waals surface area (Å²) in [4.78, 5) is 16.6. The maximum absolute atomic E-state index is 12.3. The number of likely N-dealkylation sites (tertiary alicyclic amines) is 1. The van der Waals surface area contributed by atoms with Crippen molar-refractivity contribution in [2.45, 2.75) is 32.4 Å². The van der Waals surface area contributed by atoms with Gasteiger partial charge in [0.2, 0.25) is 5.91 Å². The monoisotopic (exact) mass is 368 g/mol. The number of carbonyl (C=O) groups is 1. The summed E-state index contributed by atoms with van der Waals surface area (Å²) in [7, 11) is 3.37. The second-order valence-electron chi connectivity index (χ2n) is 6.91. The molecule has 0 spiro atoms. The number of amides is 1. The Labute approximate surface area is 161 Å². The van der Waals surface area contributed by atoms with Crippen molar-refractivity contribution >= 4 is 11.6 Å². The standard InChI is InChI=1S/C22H28N2O3/c1-17(25)24(19-7-5-4-6-8-19)20-11-13-23(14-12-20)16-18-15-21(26-2)9-10-22(18)27-3/h4-10,15,20H,11-14,16H2,1-3H3. The highest BCUT2D eigenvalue weighted by molar-refractivity contribution is 5.92. The molecule has 1 fully saturated rings. The van der Waals surface area contributed by atoms with Gasteiger partial charge in [-0.3, -0.25) is 9.69 Å². The van der Waals surface area contributed by atoms with Crippen molar-refractivity contribution in [3.8, 4) is 11.5 Å². The summed E-state index contributed by atoms with van der Waals surface area (Å²) < 4.78 is 10.8. The Kier molecular flexibility index (Phi) is 6.35. The number of carbonyl (C=O) groups excluding carboxylic acids is 1. The minimum Gasteiger partial charge on any atom is -0.497 e. The average molecular weight is 368 g/mol. The Morgan fingerprint density at radius 2 is 1.78 bits per heavy atom. The van der Waals surface area contributed by atoms with Crippen LogP contribution in [0.2, 0.25) is 0 Å². The molecule has 2 aromatic carbocycles. The van der Waals surface area contributed by atoms with Gasteiger partial charge in [0.15, 0.2) is 0 Å². The van der Waals surface area contributed by atoms with Gasteiger partial charge in [-0.2, -0.15) is 0 Å². The molecule has 0 aliphatic carbocycles. The lowest BCUT2D eigenvalue weighted by atomic mass is 10.0. The molecular formula is C22H28N2O3. The van der Waals surface area contributed by atoms with Crippen LogP contribution in [0, 0.1) is 0 Å². The van der Waals surface area contributed by atoms with Gasteiger partial charge >= 0.3 is 0 Å². The third kappa shape index (κ3) is 4.61. The van der Waals surface area contributed by atoms with Crippen LogP contribution in [-0.2, 0) is 11.3 Å². The second kappa shape index (κ2) is 8.91. The molecule has 1 saturated heterocycles. The van der Waals surface area contributed by atoms with E-state index < -0.39 is 0 Å². The molecule has 1 amide bonds. The van der Waals surface area contributed by atoms with Crippen molar-refractivity contribution in [3.63, 3.8) is 0 Å². The minimum atomic E-state index is 0.106. The molecule has 1 heterocycles. The van der Waals surface area contributed by atoms with E-state index in [1.165, 1.54) is 0 Å². The van der Waals surface area contributed by atoms with E-state index in [4.69, 9.17) is 9.47 Å². The zero-order valence-corrected chi connectivity index (χ0v) is 16.4. The van der Waals surface area contributed by atoms with Crippen LogP contribution in [-0.4, -0.2) is 44.2 Å². The van der Waals surface area contributed by atoms with E-state index in [0.717, 1.165) is 55.2 Å². The third-order valence-corrected chi connectivity index (χ3v) is 5.18. The SMILES string of the molecule is COc1ccc(OC)c(CN2CCC(N(C(C)=O)c3ccccc3)CC2)c1. The first-order valence-electron chi connectivity index (χ1n) is 9.40. The number of hydrogen-bond acceptors (Lipinski definition) is 4. The van der Waals surface area contributed by atoms with Crippen LogP contribution < -0.4 is 14.4 Å². The van der Waals surface area contributed by atoms with Gasteiger partial charge in [0, 0.05) is 43.9 Å². The molecule has 5 nitrogen and oxygen atoms in total. The normalized spacial score (nSPS) is 15.4. The van der Waals surface area contributed by atoms with Gasteiger partial charge < -0.3 is 14.4 Å². The van der Waals surface area contributed by atoms with Crippen molar-refractivity contribution < 1.29 is 14.3 Å². The topological polar surface area (TPSA) is 42.0 Å². The van der Waals surface area contributed by atoms with Crippen LogP contribution >= 0.6 is 0 Å². The van der Waals surface area contributed by atoms with Gasteiger partial charge in [-0.1, -0.05) is 18.2 Å². The predicted octanol–water partition coefficient (Wildman–Crippen LogP) is 3.72. The largest absolute Gasteiger partial charge is 0.497 e. The molecule has 2 aromatic rings. The highest BCUT2D eigenvalue weighted by Crippen LogP contribution is 2.28. The third-order valence-electron chi connectivity index (χ3n) is 5.18. The molecule has 144 valence electrons. The first kappa shape index (κ1) is 19.2. The fourth-order valence-corrected chi connectivity index (χ4v) is 3.82. The Morgan fingerprint density at radius 1 is 1.07 bits per heavy atom. The number of para-hydroxylation sites is 1. The van der Waals surface area contributed by atoms with Crippen LogP contribution in [0.1, 0.15) is 25.3 Å². The Balaban J connectivity index is 1.66. The zero-order chi connectivity index (χ0) is 19.2. The molecule has 0 aromatic heterocycles. The van der Waals surface area contributed by atoms with E-state index in [2.05, 4.69) is 4.90 Å². The smallest absolute Gasteiger partial charge is 0.224 e. The Bertz CT molecular complexity index is 755. The fraction of sp³-hybridized carbons (Fsp3) is 0.409. The van der Waals surface area contributed by atoms with Gasteiger partial charge in [0.05, 0.1) is 14.2 Å². The van der Waals surface area contributed by atoms with Gasteiger partial charge in [0.1, 0.15) is 11.5 Å². The molecular weight excluding hydrogens is 340 g/mol. The highest BCUT2D eigenvalue weighted by Gasteiger charge is 2.27. The van der Waals surface area contributed by atoms with Crippen LogP contribution in [0.5, 0.6) is 11.5 Å². The molecule has 0 N–H and O–H groups in total. The number of benzene rings is 2. The van der Waals surface area contributed by atoms with Crippen molar-refractivity contribution in [3.05, 3.63) is 54.1 Å². The van der Waals surface area contributed by atoms with Crippen LogP contribution in [0.4, 0.5) is 5.69 Å². The summed E-state index contributed by atoms with van der Waals surface area (Å²) in [5.74, 6) is 1.83. The summed E-state index contributed by atoms with van der Waals surface area (Å²) in [6.07, 6.45) is 1.92. The van der Waals surface area contributed by atoms with Crippen molar-refractivity contribution in [2.24, 2.45) is 0 Å². The highest BCUT2D eigenvalue weighted by atomic mass is 16.5. The van der Waals surface area contributed by atoms with E-state index in [1.807, 2.05) is 53.4 Å². The van der Waals surface area contributed by atoms with Crippen molar-refractivity contribution in [1.82, 2.24) is 4.90 Å². The molecule has 5 heteroatoms. The van der Waals surface area contributed by atoms with Crippen molar-refractivity contribution in [1.29, 1.82) is 0 Å². The molecule has 1 aliphatic rings. The molecule has 0 radical (unpaired) electrons. The van der Waals surface area contributed by atoms with Gasteiger partial charge in [-0.05, 0) is 43.2 Å². The molecule has 27 heavy (non-hydrogen) atoms. The molecule has 0 atom stereocenters. The number of hydrogen-bond donors (Lipinski definition) is 0. The van der Waals surface area contributed by atoms with Crippen LogP contribution in [0.25, 0.3) is 0 Å². The first-order chi connectivity index (χ1) is 13.1. The Morgan fingerprint density at radius 3 is 2.37 bits per heavy atom. The first-order valence-corrected chi connectivity index (χ1v) is 9.40. The summed E-state index contributed by atoms with van der Waals surface area (Å²) in [6.45, 7) is 4.36. The number of rotatable bonds is 6. The predicted molar refractivity (Wildman–Crippen MR) is 107 cm³/mol. The molecule has 0 unspecified atom stereocenters. The number of nitrogens with zero attached hydrogens (tertiary/aromatic N) is 2. The lowest BCUT2D eigenvalue weighted by molar-refractivity contribution is -0.117. The fourth-order valence-electron chi connectivity index (χ4n) is 3.82. The summed E-state index contributed by atoms with van der Waals surface area (Å²) in [5.41, 5.74) is 2.11. The van der Waals surface area contributed by atoms with E-state index in [0.29, 0.717) is 0 Å². The van der Waals surface area contributed by atoms with Gasteiger partial charge in [-0.15, -0.1) is 0 Å². The maximum atomic E-state index is 12.3. The van der Waals surface area contributed by atoms with E-state index in [1.54, 1.807) is 21.1 Å². The van der Waals surface area contributed by atoms with Crippen molar-refractivity contribution in [2.75, 3.05) is 32.2 Å². The lowest BCUT2D eigenvalue weighted by Crippen LogP contribution is -2.46. The maximum Gasteiger partial charge on any atom is 0.224 e. The summed E-state index contributed by atoms with van der Waals surface area (Å²) in [5, 5.41) is 0. The lowest BCUT2D eigenvalue weighted by Gasteiger charge is -2.38. The Hall–Kier alpha value is -2.53.